The largest absolute Gasteiger partial charge is 0.377 e. The van der Waals surface area contributed by atoms with Crippen molar-refractivity contribution in [1.29, 1.82) is 0 Å². The van der Waals surface area contributed by atoms with Crippen LogP contribution in [0.25, 0.3) is 0 Å². The molecule has 1 aliphatic rings. The lowest BCUT2D eigenvalue weighted by Crippen LogP contribution is -2.48. The van der Waals surface area contributed by atoms with Crippen LogP contribution in [-0.4, -0.2) is 43.7 Å². The Bertz CT molecular complexity index is 250. The maximum absolute atomic E-state index is 11.6. The predicted molar refractivity (Wildman–Crippen MR) is 67.2 cm³/mol. The second-order valence-corrected chi connectivity index (χ2v) is 5.54. The van der Waals surface area contributed by atoms with Gasteiger partial charge < -0.3 is 9.64 Å². The number of nitrogens with two attached hydrogens (primary N) is 1. The van der Waals surface area contributed by atoms with Crippen LogP contribution in [0.1, 0.15) is 33.1 Å². The van der Waals surface area contributed by atoms with E-state index >= 15 is 0 Å². The first-order valence-corrected chi connectivity index (χ1v) is 6.27. The Kier molecular flexibility index (Phi) is 5.36. The number of nitrogens with one attached hydrogen (secondary N) is 1. The number of likely N-dealkylation sites (N-methyl/N-ethyl adjacent to an activating group) is 1. The average molecular weight is 243 g/mol. The number of hydrazine groups is 1. The maximum atomic E-state index is 11.6. The first kappa shape index (κ1) is 14.4. The molecule has 1 rings (SSSR count). The van der Waals surface area contributed by atoms with Crippen molar-refractivity contribution in [2.24, 2.45) is 11.3 Å². The molecule has 1 amide bonds. The molecular formula is C12H25N3O2. The first-order valence-electron chi connectivity index (χ1n) is 6.27. The lowest BCUT2D eigenvalue weighted by molar-refractivity contribution is -0.130. The topological polar surface area (TPSA) is 67.6 Å². The normalized spacial score (nSPS) is 21.6. The SMILES string of the molecule is CN(CC1CCCCO1)CC(C)(C)C(=O)NN. The second-order valence-electron chi connectivity index (χ2n) is 5.54. The number of rotatable bonds is 5. The summed E-state index contributed by atoms with van der Waals surface area (Å²) in [4.78, 5) is 13.7. The van der Waals surface area contributed by atoms with Crippen molar-refractivity contribution >= 4 is 5.91 Å². The van der Waals surface area contributed by atoms with Gasteiger partial charge in [0.15, 0.2) is 0 Å². The van der Waals surface area contributed by atoms with Crippen LogP contribution in [-0.2, 0) is 9.53 Å². The monoisotopic (exact) mass is 243 g/mol. The lowest BCUT2D eigenvalue weighted by Gasteiger charge is -2.32. The van der Waals surface area contributed by atoms with Gasteiger partial charge in [-0.25, -0.2) is 5.84 Å². The third kappa shape index (κ3) is 4.61. The van der Waals surface area contributed by atoms with Gasteiger partial charge in [-0.3, -0.25) is 10.2 Å². The van der Waals surface area contributed by atoms with Gasteiger partial charge in [0.1, 0.15) is 0 Å². The third-order valence-corrected chi connectivity index (χ3v) is 3.20. The van der Waals surface area contributed by atoms with Crippen molar-refractivity contribution in [2.75, 3.05) is 26.7 Å². The van der Waals surface area contributed by atoms with E-state index in [1.54, 1.807) is 0 Å². The highest BCUT2D eigenvalue weighted by atomic mass is 16.5. The average Bonchev–Trinajstić information content (AvgIpc) is 2.28. The molecule has 0 spiro atoms. The summed E-state index contributed by atoms with van der Waals surface area (Å²) in [6.07, 6.45) is 3.84. The van der Waals surface area contributed by atoms with Crippen LogP contribution in [0.4, 0.5) is 0 Å². The fourth-order valence-electron chi connectivity index (χ4n) is 2.31. The molecule has 1 fully saturated rings. The van der Waals surface area contributed by atoms with Gasteiger partial charge in [0.25, 0.3) is 0 Å². The van der Waals surface area contributed by atoms with Crippen LogP contribution in [0.5, 0.6) is 0 Å². The fourth-order valence-corrected chi connectivity index (χ4v) is 2.31. The van der Waals surface area contributed by atoms with Crippen molar-refractivity contribution < 1.29 is 9.53 Å². The maximum Gasteiger partial charge on any atom is 0.240 e. The summed E-state index contributed by atoms with van der Waals surface area (Å²) < 4.78 is 5.68. The zero-order chi connectivity index (χ0) is 12.9. The van der Waals surface area contributed by atoms with Gasteiger partial charge in [-0.05, 0) is 40.2 Å². The van der Waals surface area contributed by atoms with Crippen LogP contribution in [0.2, 0.25) is 0 Å². The molecular weight excluding hydrogens is 218 g/mol. The Hall–Kier alpha value is -0.650. The van der Waals surface area contributed by atoms with Gasteiger partial charge in [0, 0.05) is 19.7 Å². The summed E-state index contributed by atoms with van der Waals surface area (Å²) in [5.74, 6) is 5.04. The Balaban J connectivity index is 2.37. The van der Waals surface area contributed by atoms with E-state index < -0.39 is 5.41 Å². The predicted octanol–water partition coefficient (Wildman–Crippen LogP) is 0.503. The van der Waals surface area contributed by atoms with E-state index in [0.717, 1.165) is 19.6 Å². The fraction of sp³-hybridized carbons (Fsp3) is 0.917. The molecule has 1 heterocycles. The Morgan fingerprint density at radius 3 is 2.76 bits per heavy atom. The highest BCUT2D eigenvalue weighted by Gasteiger charge is 2.29. The highest BCUT2D eigenvalue weighted by molar-refractivity contribution is 5.81. The molecule has 17 heavy (non-hydrogen) atoms. The van der Waals surface area contributed by atoms with E-state index in [9.17, 15) is 4.79 Å². The molecule has 0 bridgehead atoms. The summed E-state index contributed by atoms with van der Waals surface area (Å²) >= 11 is 0. The molecule has 1 saturated heterocycles. The van der Waals surface area contributed by atoms with E-state index in [1.165, 1.54) is 12.8 Å². The van der Waals surface area contributed by atoms with Crippen LogP contribution >= 0.6 is 0 Å². The number of hydrogen-bond acceptors (Lipinski definition) is 4. The number of ether oxygens (including phenoxy) is 1. The summed E-state index contributed by atoms with van der Waals surface area (Å²) in [7, 11) is 2.02. The molecule has 5 heteroatoms. The van der Waals surface area contributed by atoms with Crippen molar-refractivity contribution in [2.45, 2.75) is 39.2 Å². The van der Waals surface area contributed by atoms with Gasteiger partial charge in [-0.15, -0.1) is 0 Å². The van der Waals surface area contributed by atoms with Crippen LogP contribution < -0.4 is 11.3 Å². The zero-order valence-electron chi connectivity index (χ0n) is 11.2. The van der Waals surface area contributed by atoms with E-state index in [4.69, 9.17) is 10.6 Å². The van der Waals surface area contributed by atoms with E-state index in [1.807, 2.05) is 20.9 Å². The minimum absolute atomic E-state index is 0.131. The molecule has 3 N–H and O–H groups in total. The molecule has 0 radical (unpaired) electrons. The Morgan fingerprint density at radius 1 is 1.53 bits per heavy atom. The highest BCUT2D eigenvalue weighted by Crippen LogP contribution is 2.18. The molecule has 0 aromatic rings. The third-order valence-electron chi connectivity index (χ3n) is 3.20. The molecule has 1 atom stereocenters. The Morgan fingerprint density at radius 2 is 2.24 bits per heavy atom. The zero-order valence-corrected chi connectivity index (χ0v) is 11.2. The van der Waals surface area contributed by atoms with Crippen LogP contribution in [0.15, 0.2) is 0 Å². The van der Waals surface area contributed by atoms with Crippen molar-refractivity contribution in [3.8, 4) is 0 Å². The van der Waals surface area contributed by atoms with Crippen LogP contribution in [0, 0.1) is 5.41 Å². The summed E-state index contributed by atoms with van der Waals surface area (Å²) in [6, 6.07) is 0. The first-order chi connectivity index (χ1) is 7.95. The second kappa shape index (κ2) is 6.33. The van der Waals surface area contributed by atoms with Crippen molar-refractivity contribution in [1.82, 2.24) is 10.3 Å². The number of carbonyl (C=O) groups excluding carboxylic acids is 1. The molecule has 0 aromatic carbocycles. The smallest absolute Gasteiger partial charge is 0.240 e. The summed E-state index contributed by atoms with van der Waals surface area (Å²) in [5, 5.41) is 0. The number of carbonyl (C=O) groups is 1. The van der Waals surface area contributed by atoms with Crippen molar-refractivity contribution in [3.05, 3.63) is 0 Å². The van der Waals surface area contributed by atoms with E-state index in [-0.39, 0.29) is 5.91 Å². The molecule has 100 valence electrons. The Labute approximate surface area is 104 Å². The van der Waals surface area contributed by atoms with Gasteiger partial charge in [0.2, 0.25) is 5.91 Å². The number of hydrogen-bond donors (Lipinski definition) is 2. The lowest BCUT2D eigenvalue weighted by atomic mass is 9.92. The molecule has 0 aromatic heterocycles. The summed E-state index contributed by atoms with van der Waals surface area (Å²) in [6.45, 7) is 6.21. The standard InChI is InChI=1S/C12H25N3O2/c1-12(2,11(16)14-13)9-15(3)8-10-6-4-5-7-17-10/h10H,4-9,13H2,1-3H3,(H,14,16). The van der Waals surface area contributed by atoms with Gasteiger partial charge in [0.05, 0.1) is 11.5 Å². The molecule has 0 saturated carbocycles. The summed E-state index contributed by atoms with van der Waals surface area (Å²) in [5.41, 5.74) is 1.74. The van der Waals surface area contributed by atoms with Crippen molar-refractivity contribution in [3.63, 3.8) is 0 Å². The molecule has 5 nitrogen and oxygen atoms in total. The van der Waals surface area contributed by atoms with E-state index in [0.29, 0.717) is 12.6 Å². The molecule has 1 aliphatic heterocycles. The minimum atomic E-state index is -0.474. The van der Waals surface area contributed by atoms with Crippen LogP contribution in [0.3, 0.4) is 0 Å². The number of amides is 1. The minimum Gasteiger partial charge on any atom is -0.377 e. The number of nitrogens with zero attached hydrogens (tertiary/aromatic N) is 1. The molecule has 0 aliphatic carbocycles. The van der Waals surface area contributed by atoms with E-state index in [2.05, 4.69) is 10.3 Å². The van der Waals surface area contributed by atoms with Gasteiger partial charge in [-0.2, -0.15) is 0 Å². The quantitative estimate of drug-likeness (QED) is 0.419. The van der Waals surface area contributed by atoms with Gasteiger partial charge in [-0.1, -0.05) is 0 Å². The molecule has 1 unspecified atom stereocenters. The van der Waals surface area contributed by atoms with Gasteiger partial charge >= 0.3 is 0 Å².